The van der Waals surface area contributed by atoms with Gasteiger partial charge in [0.2, 0.25) is 0 Å². The van der Waals surface area contributed by atoms with E-state index < -0.39 is 17.8 Å². The Morgan fingerprint density at radius 2 is 1.88 bits per heavy atom. The molecule has 3 aromatic heterocycles. The van der Waals surface area contributed by atoms with Gasteiger partial charge in [-0.15, -0.1) is 0 Å². The van der Waals surface area contributed by atoms with Crippen molar-refractivity contribution in [1.82, 2.24) is 14.5 Å². The van der Waals surface area contributed by atoms with Crippen LogP contribution >= 0.6 is 39.0 Å². The van der Waals surface area contributed by atoms with E-state index in [1.165, 1.54) is 22.8 Å². The maximum absolute atomic E-state index is 13.9. The molecule has 0 saturated carbocycles. The summed E-state index contributed by atoms with van der Waals surface area (Å²) < 4.78 is 22.2. The maximum atomic E-state index is 13.9. The Bertz CT molecular complexity index is 2150. The number of para-hydroxylation sites is 1. The Labute approximate surface area is 259 Å². The summed E-state index contributed by atoms with van der Waals surface area (Å²) in [7, 11) is 0. The van der Waals surface area contributed by atoms with E-state index in [4.69, 9.17) is 4.42 Å². The average molecular weight is 679 g/mol. The van der Waals surface area contributed by atoms with Crippen molar-refractivity contribution < 1.29 is 13.6 Å². The van der Waals surface area contributed by atoms with Crippen LogP contribution in [0.3, 0.4) is 0 Å². The highest BCUT2D eigenvalue weighted by atomic mass is 79.9. The van der Waals surface area contributed by atoms with Gasteiger partial charge in [0.1, 0.15) is 11.6 Å². The fourth-order valence-electron chi connectivity index (χ4n) is 4.62. The van der Waals surface area contributed by atoms with E-state index in [1.807, 2.05) is 6.07 Å². The minimum atomic E-state index is -0.846. The number of nitrogens with zero attached hydrogens (tertiary/aromatic N) is 3. The van der Waals surface area contributed by atoms with Gasteiger partial charge in [-0.3, -0.25) is 19.0 Å². The molecule has 2 aromatic carbocycles. The van der Waals surface area contributed by atoms with Gasteiger partial charge in [0.25, 0.3) is 17.0 Å². The first kappa shape index (κ1) is 28.8. The Hall–Kier alpha value is -4.33. The van der Waals surface area contributed by atoms with Crippen LogP contribution in [0.5, 0.6) is 0 Å². The van der Waals surface area contributed by atoms with Gasteiger partial charge in [0.15, 0.2) is 15.1 Å². The second-order valence-corrected chi connectivity index (χ2v) is 12.4. The molecule has 43 heavy (non-hydrogen) atoms. The first-order valence-electron chi connectivity index (χ1n) is 12.9. The molecule has 0 saturated heterocycles. The standard InChI is InChI=1S/C30H21BrFN5O4S2/c1-15-12-23(38)36-29(33-15)43-28-21(31)13-20(41-28)14-22-27(40)37-25(17-8-10-18(32)11-9-17)24(16(2)34-30(37)42-22)26(39)35-19-6-4-3-5-7-19/h3-14,25H,1-2H3,(H,35,39)(H,33,36,38)/b22-14+/t25-/m0/s1. The third-order valence-corrected chi connectivity index (χ3v) is 9.18. The monoisotopic (exact) mass is 677 g/mol. The molecule has 2 N–H and O–H groups in total. The molecule has 0 fully saturated rings. The first-order valence-corrected chi connectivity index (χ1v) is 15.3. The number of hydrogen-bond acceptors (Lipinski definition) is 8. The number of amides is 1. The van der Waals surface area contributed by atoms with Crippen LogP contribution in [-0.4, -0.2) is 20.4 Å². The van der Waals surface area contributed by atoms with Gasteiger partial charge in [-0.05, 0) is 77.4 Å². The molecule has 1 amide bonds. The summed E-state index contributed by atoms with van der Waals surface area (Å²) in [4.78, 5) is 51.3. The van der Waals surface area contributed by atoms with E-state index in [9.17, 15) is 18.8 Å². The molecule has 9 nitrogen and oxygen atoms in total. The minimum absolute atomic E-state index is 0.272. The average Bonchev–Trinajstić information content (AvgIpc) is 3.45. The number of anilines is 1. The molecule has 0 spiro atoms. The number of H-pyrrole nitrogens is 1. The van der Waals surface area contributed by atoms with Crippen LogP contribution in [0.15, 0.2) is 112 Å². The van der Waals surface area contributed by atoms with E-state index in [2.05, 4.69) is 36.2 Å². The molecule has 1 aliphatic rings. The van der Waals surface area contributed by atoms with Crippen molar-refractivity contribution in [2.75, 3.05) is 5.32 Å². The van der Waals surface area contributed by atoms with Crippen molar-refractivity contribution in [3.8, 4) is 0 Å². The molecule has 4 heterocycles. The van der Waals surface area contributed by atoms with Gasteiger partial charge in [-0.2, -0.15) is 0 Å². The number of thiazole rings is 1. The Balaban J connectivity index is 1.42. The third-order valence-electron chi connectivity index (χ3n) is 6.47. The highest BCUT2D eigenvalue weighted by Crippen LogP contribution is 2.35. The van der Waals surface area contributed by atoms with Crippen LogP contribution in [0, 0.1) is 12.7 Å². The predicted molar refractivity (Wildman–Crippen MR) is 165 cm³/mol. The zero-order valence-corrected chi connectivity index (χ0v) is 25.8. The number of rotatable bonds is 6. The van der Waals surface area contributed by atoms with E-state index in [0.29, 0.717) is 52.5 Å². The van der Waals surface area contributed by atoms with Gasteiger partial charge in [-0.1, -0.05) is 41.7 Å². The molecular weight excluding hydrogens is 657 g/mol. The van der Waals surface area contributed by atoms with Gasteiger partial charge >= 0.3 is 0 Å². The quantitative estimate of drug-likeness (QED) is 0.246. The van der Waals surface area contributed by atoms with Crippen molar-refractivity contribution in [3.05, 3.63) is 135 Å². The summed E-state index contributed by atoms with van der Waals surface area (Å²) in [5, 5.41) is 3.69. The number of aryl methyl sites for hydroxylation is 1. The zero-order valence-electron chi connectivity index (χ0n) is 22.6. The number of nitrogens with one attached hydrogen (secondary N) is 2. The summed E-state index contributed by atoms with van der Waals surface area (Å²) in [5.74, 6) is -0.477. The number of benzene rings is 2. The lowest BCUT2D eigenvalue weighted by Crippen LogP contribution is -2.40. The molecular formula is C30H21BrFN5O4S2. The van der Waals surface area contributed by atoms with Crippen molar-refractivity contribution in [1.29, 1.82) is 0 Å². The number of carbonyl (C=O) groups excluding carboxylic acids is 1. The molecule has 1 aliphatic heterocycles. The highest BCUT2D eigenvalue weighted by molar-refractivity contribution is 9.10. The van der Waals surface area contributed by atoms with Crippen LogP contribution in [0.4, 0.5) is 10.1 Å². The molecule has 5 aromatic rings. The zero-order chi connectivity index (χ0) is 30.2. The third kappa shape index (κ3) is 5.96. The first-order chi connectivity index (χ1) is 20.7. The topological polar surface area (TPSA) is 122 Å². The van der Waals surface area contributed by atoms with E-state index >= 15 is 0 Å². The molecule has 1 atom stereocenters. The van der Waals surface area contributed by atoms with Crippen LogP contribution < -0.4 is 25.8 Å². The molecule has 0 bridgehead atoms. The number of aromatic nitrogens is 3. The number of halogens is 2. The van der Waals surface area contributed by atoms with Gasteiger partial charge in [0.05, 0.1) is 26.3 Å². The van der Waals surface area contributed by atoms with Crippen molar-refractivity contribution in [2.24, 2.45) is 4.99 Å². The highest BCUT2D eigenvalue weighted by Gasteiger charge is 2.32. The Kier molecular flexibility index (Phi) is 7.86. The van der Waals surface area contributed by atoms with E-state index in [-0.39, 0.29) is 16.7 Å². The lowest BCUT2D eigenvalue weighted by atomic mass is 9.95. The SMILES string of the molecule is CC1=C(C(=O)Nc2ccccc2)[C@H](c2ccc(F)cc2)n2c(s/c(=C/c3cc(Br)c(Sc4nc(C)cc(=O)[nH]4)o3)c2=O)=N1. The number of hydrogen-bond donors (Lipinski definition) is 2. The summed E-state index contributed by atoms with van der Waals surface area (Å²) >= 11 is 5.75. The second kappa shape index (κ2) is 11.7. The fourth-order valence-corrected chi connectivity index (χ4v) is 7.01. The Morgan fingerprint density at radius 1 is 1.14 bits per heavy atom. The van der Waals surface area contributed by atoms with E-state index in [1.54, 1.807) is 62.4 Å². The lowest BCUT2D eigenvalue weighted by Gasteiger charge is -2.25. The van der Waals surface area contributed by atoms with Gasteiger partial charge < -0.3 is 14.7 Å². The molecule has 0 unspecified atom stereocenters. The number of allylic oxidation sites excluding steroid dienone is 1. The lowest BCUT2D eigenvalue weighted by molar-refractivity contribution is -0.113. The van der Waals surface area contributed by atoms with Crippen LogP contribution in [0.2, 0.25) is 0 Å². The van der Waals surface area contributed by atoms with Crippen LogP contribution in [0.25, 0.3) is 6.08 Å². The largest absolute Gasteiger partial charge is 0.449 e. The summed E-state index contributed by atoms with van der Waals surface area (Å²) in [6, 6.07) is 16.9. The molecule has 13 heteroatoms. The molecule has 0 aliphatic carbocycles. The summed E-state index contributed by atoms with van der Waals surface area (Å²) in [6.45, 7) is 3.43. The van der Waals surface area contributed by atoms with Crippen molar-refractivity contribution >= 4 is 56.7 Å². The van der Waals surface area contributed by atoms with Crippen LogP contribution in [0.1, 0.15) is 30.0 Å². The normalized spacial score (nSPS) is 14.9. The number of fused-ring (bicyclic) bond motifs is 1. The number of furan rings is 1. The summed E-state index contributed by atoms with van der Waals surface area (Å²) in [5.41, 5.74) is 1.76. The van der Waals surface area contributed by atoms with Gasteiger partial charge in [-0.25, -0.2) is 14.4 Å². The van der Waals surface area contributed by atoms with Crippen LogP contribution in [-0.2, 0) is 4.79 Å². The molecule has 216 valence electrons. The van der Waals surface area contributed by atoms with Gasteiger partial charge in [0, 0.05) is 23.5 Å². The van der Waals surface area contributed by atoms with Crippen molar-refractivity contribution in [3.63, 3.8) is 0 Å². The number of carbonyl (C=O) groups is 1. The second-order valence-electron chi connectivity index (χ2n) is 9.53. The minimum Gasteiger partial charge on any atom is -0.449 e. The number of aromatic amines is 1. The maximum Gasteiger partial charge on any atom is 0.271 e. The smallest absolute Gasteiger partial charge is 0.271 e. The van der Waals surface area contributed by atoms with E-state index in [0.717, 1.165) is 23.1 Å². The summed E-state index contributed by atoms with van der Waals surface area (Å²) in [6.07, 6.45) is 1.59. The molecule has 6 rings (SSSR count). The Morgan fingerprint density at radius 3 is 2.60 bits per heavy atom. The molecule has 0 radical (unpaired) electrons. The van der Waals surface area contributed by atoms with Crippen molar-refractivity contribution in [2.45, 2.75) is 30.1 Å². The predicted octanol–water partition coefficient (Wildman–Crippen LogP) is 4.91. The fraction of sp³-hybridized carbons (Fsp3) is 0.100.